The Hall–Kier alpha value is -3.00. The van der Waals surface area contributed by atoms with Crippen LogP contribution in [0, 0.1) is 0 Å². The lowest BCUT2D eigenvalue weighted by Crippen LogP contribution is -2.13. The fourth-order valence-electron chi connectivity index (χ4n) is 2.89. The summed E-state index contributed by atoms with van der Waals surface area (Å²) >= 11 is 3.37. The minimum atomic E-state index is -0.273. The fraction of sp³-hybridized carbons (Fsp3) is 0.304. The third-order valence-electron chi connectivity index (χ3n) is 4.38. The summed E-state index contributed by atoms with van der Waals surface area (Å²) in [5.41, 5.74) is 1.98. The predicted octanol–water partition coefficient (Wildman–Crippen LogP) is 5.29. The van der Waals surface area contributed by atoms with Gasteiger partial charge in [0, 0.05) is 18.4 Å². The highest BCUT2D eigenvalue weighted by Gasteiger charge is 2.15. The lowest BCUT2D eigenvalue weighted by Gasteiger charge is -2.13. The van der Waals surface area contributed by atoms with E-state index < -0.39 is 0 Å². The third kappa shape index (κ3) is 6.01. The minimum absolute atomic E-state index is 0.273. The Morgan fingerprint density at radius 1 is 1.00 bits per heavy atom. The zero-order chi connectivity index (χ0) is 22.2. The van der Waals surface area contributed by atoms with Crippen LogP contribution >= 0.6 is 15.9 Å². The number of nitrogens with one attached hydrogen (secondary N) is 1. The average Bonchev–Trinajstić information content (AvgIpc) is 3.16. The molecule has 8 heteroatoms. The van der Waals surface area contributed by atoms with E-state index in [4.69, 9.17) is 14.2 Å². The van der Waals surface area contributed by atoms with Crippen LogP contribution in [0.5, 0.6) is 17.2 Å². The van der Waals surface area contributed by atoms with E-state index >= 15 is 0 Å². The summed E-state index contributed by atoms with van der Waals surface area (Å²) < 4.78 is 19.5. The summed E-state index contributed by atoms with van der Waals surface area (Å²) in [7, 11) is 0. The molecule has 0 aliphatic rings. The van der Waals surface area contributed by atoms with Crippen molar-refractivity contribution in [2.45, 2.75) is 33.9 Å². The molecule has 164 valence electrons. The van der Waals surface area contributed by atoms with Gasteiger partial charge >= 0.3 is 0 Å². The van der Waals surface area contributed by atoms with Crippen molar-refractivity contribution in [1.29, 1.82) is 0 Å². The topological polar surface area (TPSA) is 74.6 Å². The van der Waals surface area contributed by atoms with Gasteiger partial charge < -0.3 is 19.5 Å². The molecule has 0 unspecified atom stereocenters. The van der Waals surface area contributed by atoms with Gasteiger partial charge in [0.15, 0.2) is 17.2 Å². The highest BCUT2D eigenvalue weighted by molar-refractivity contribution is 9.10. The standard InChI is InChI=1S/C23H26BrN3O4/c1-4-27-14-19(24)22(26-27)23(28)25-17-8-10-18(11-9-17)31-15-16-7-12-20(29-5-2)21(13-16)30-6-3/h7-14H,4-6,15H2,1-3H3,(H,25,28). The Labute approximate surface area is 190 Å². The Balaban J connectivity index is 1.60. The molecular formula is C23H26BrN3O4. The lowest BCUT2D eigenvalue weighted by atomic mass is 10.2. The van der Waals surface area contributed by atoms with Crippen molar-refractivity contribution in [3.05, 3.63) is 64.4 Å². The van der Waals surface area contributed by atoms with Gasteiger partial charge in [-0.25, -0.2) is 0 Å². The van der Waals surface area contributed by atoms with Gasteiger partial charge in [0.2, 0.25) is 0 Å². The quantitative estimate of drug-likeness (QED) is 0.420. The Kier molecular flexibility index (Phi) is 7.94. The van der Waals surface area contributed by atoms with Crippen LogP contribution in [0.25, 0.3) is 0 Å². The Bertz CT molecular complexity index is 1020. The molecule has 3 rings (SSSR count). The van der Waals surface area contributed by atoms with Gasteiger partial charge in [-0.3, -0.25) is 9.48 Å². The van der Waals surface area contributed by atoms with Crippen LogP contribution in [0.3, 0.4) is 0 Å². The normalized spacial score (nSPS) is 10.6. The molecule has 1 N–H and O–H groups in total. The molecule has 1 aromatic heterocycles. The van der Waals surface area contributed by atoms with Crippen molar-refractivity contribution >= 4 is 27.5 Å². The van der Waals surface area contributed by atoms with E-state index in [2.05, 4.69) is 26.3 Å². The number of benzene rings is 2. The number of aromatic nitrogens is 2. The first-order valence-corrected chi connectivity index (χ1v) is 11.0. The van der Waals surface area contributed by atoms with Crippen molar-refractivity contribution in [2.75, 3.05) is 18.5 Å². The highest BCUT2D eigenvalue weighted by atomic mass is 79.9. The van der Waals surface area contributed by atoms with E-state index in [9.17, 15) is 4.79 Å². The van der Waals surface area contributed by atoms with Gasteiger partial charge in [0.1, 0.15) is 12.4 Å². The SMILES string of the molecule is CCOc1ccc(COc2ccc(NC(=O)c3nn(CC)cc3Br)cc2)cc1OCC. The first kappa shape index (κ1) is 22.7. The van der Waals surface area contributed by atoms with E-state index in [-0.39, 0.29) is 5.91 Å². The Morgan fingerprint density at radius 2 is 1.71 bits per heavy atom. The molecule has 2 aromatic carbocycles. The monoisotopic (exact) mass is 487 g/mol. The van der Waals surface area contributed by atoms with Crippen molar-refractivity contribution in [2.24, 2.45) is 0 Å². The van der Waals surface area contributed by atoms with Gasteiger partial charge in [0.05, 0.1) is 17.7 Å². The van der Waals surface area contributed by atoms with Crippen molar-refractivity contribution in [1.82, 2.24) is 9.78 Å². The molecule has 0 fully saturated rings. The molecule has 31 heavy (non-hydrogen) atoms. The maximum absolute atomic E-state index is 12.4. The molecule has 0 saturated heterocycles. The number of anilines is 1. The molecule has 0 atom stereocenters. The number of amides is 1. The zero-order valence-electron chi connectivity index (χ0n) is 17.9. The number of carbonyl (C=O) groups excluding carboxylic acids is 1. The van der Waals surface area contributed by atoms with Gasteiger partial charge in [-0.2, -0.15) is 5.10 Å². The summed E-state index contributed by atoms with van der Waals surface area (Å²) in [4.78, 5) is 12.4. The molecule has 0 spiro atoms. The maximum atomic E-state index is 12.4. The molecule has 7 nitrogen and oxygen atoms in total. The molecule has 0 saturated carbocycles. The molecule has 3 aromatic rings. The van der Waals surface area contributed by atoms with Crippen molar-refractivity contribution < 1.29 is 19.0 Å². The molecule has 0 bridgehead atoms. The smallest absolute Gasteiger partial charge is 0.277 e. The molecular weight excluding hydrogens is 462 g/mol. The number of hydrogen-bond donors (Lipinski definition) is 1. The first-order valence-electron chi connectivity index (χ1n) is 10.2. The van der Waals surface area contributed by atoms with Crippen LogP contribution in [-0.2, 0) is 13.2 Å². The highest BCUT2D eigenvalue weighted by Crippen LogP contribution is 2.29. The third-order valence-corrected chi connectivity index (χ3v) is 4.96. The van der Waals surface area contributed by atoms with Crippen LogP contribution in [0.4, 0.5) is 5.69 Å². The first-order chi connectivity index (χ1) is 15.0. The van der Waals surface area contributed by atoms with E-state index in [1.807, 2.05) is 51.1 Å². The minimum Gasteiger partial charge on any atom is -0.490 e. The number of halogens is 1. The maximum Gasteiger partial charge on any atom is 0.277 e. The van der Waals surface area contributed by atoms with Crippen molar-refractivity contribution in [3.8, 4) is 17.2 Å². The van der Waals surface area contributed by atoms with Gasteiger partial charge in [-0.1, -0.05) is 6.07 Å². The number of ether oxygens (including phenoxy) is 3. The van der Waals surface area contributed by atoms with Crippen molar-refractivity contribution in [3.63, 3.8) is 0 Å². The summed E-state index contributed by atoms with van der Waals surface area (Å²) in [5.74, 6) is 1.86. The lowest BCUT2D eigenvalue weighted by molar-refractivity contribution is 0.102. The predicted molar refractivity (Wildman–Crippen MR) is 123 cm³/mol. The van der Waals surface area contributed by atoms with Crippen LogP contribution in [0.15, 0.2) is 53.1 Å². The Morgan fingerprint density at radius 3 is 2.35 bits per heavy atom. The second-order valence-electron chi connectivity index (χ2n) is 6.60. The van der Waals surface area contributed by atoms with E-state index in [1.54, 1.807) is 23.0 Å². The van der Waals surface area contributed by atoms with E-state index in [0.717, 1.165) is 11.3 Å². The van der Waals surface area contributed by atoms with Crippen LogP contribution < -0.4 is 19.5 Å². The number of nitrogens with zero attached hydrogens (tertiary/aromatic N) is 2. The summed E-state index contributed by atoms with van der Waals surface area (Å²) in [6.45, 7) is 8.06. The molecule has 1 heterocycles. The second-order valence-corrected chi connectivity index (χ2v) is 7.45. The average molecular weight is 488 g/mol. The molecule has 0 radical (unpaired) electrons. The summed E-state index contributed by atoms with van der Waals surface area (Å²) in [6.07, 6.45) is 1.78. The number of hydrogen-bond acceptors (Lipinski definition) is 5. The van der Waals surface area contributed by atoms with Gasteiger partial charge in [-0.05, 0) is 78.7 Å². The van der Waals surface area contributed by atoms with Crippen LogP contribution in [0.1, 0.15) is 36.8 Å². The van der Waals surface area contributed by atoms with E-state index in [0.29, 0.717) is 53.7 Å². The van der Waals surface area contributed by atoms with Crippen LogP contribution in [0.2, 0.25) is 0 Å². The van der Waals surface area contributed by atoms with Gasteiger partial charge in [-0.15, -0.1) is 0 Å². The second kappa shape index (κ2) is 10.9. The number of rotatable bonds is 10. The van der Waals surface area contributed by atoms with Gasteiger partial charge in [0.25, 0.3) is 5.91 Å². The number of carbonyl (C=O) groups is 1. The molecule has 1 amide bonds. The van der Waals surface area contributed by atoms with E-state index in [1.165, 1.54) is 0 Å². The van der Waals surface area contributed by atoms with Crippen LogP contribution in [-0.4, -0.2) is 28.9 Å². The fourth-order valence-corrected chi connectivity index (χ4v) is 3.39. The summed E-state index contributed by atoms with van der Waals surface area (Å²) in [6, 6.07) is 13.0. The number of aryl methyl sites for hydroxylation is 1. The molecule has 0 aliphatic heterocycles. The summed E-state index contributed by atoms with van der Waals surface area (Å²) in [5, 5.41) is 7.10. The largest absolute Gasteiger partial charge is 0.490 e. The zero-order valence-corrected chi connectivity index (χ0v) is 19.4. The molecule has 0 aliphatic carbocycles.